The van der Waals surface area contributed by atoms with Gasteiger partial charge in [-0.15, -0.1) is 0 Å². The first-order valence-electron chi connectivity index (χ1n) is 7.98. The fourth-order valence-corrected chi connectivity index (χ4v) is 2.75. The Morgan fingerprint density at radius 1 is 1.43 bits per heavy atom. The van der Waals surface area contributed by atoms with Gasteiger partial charge in [0.1, 0.15) is 12.4 Å². The summed E-state index contributed by atoms with van der Waals surface area (Å²) in [4.78, 5) is 0. The smallest absolute Gasteiger partial charge is 0.138 e. The van der Waals surface area contributed by atoms with Gasteiger partial charge in [0, 0.05) is 12.6 Å². The summed E-state index contributed by atoms with van der Waals surface area (Å²) in [7, 11) is 0. The number of hydrogen-bond acceptors (Lipinski definition) is 3. The van der Waals surface area contributed by atoms with Crippen LogP contribution in [0.25, 0.3) is 0 Å². The molecule has 2 atom stereocenters. The van der Waals surface area contributed by atoms with E-state index in [1.54, 1.807) is 0 Å². The third-order valence-corrected chi connectivity index (χ3v) is 4.15. The van der Waals surface area contributed by atoms with Gasteiger partial charge in [0.25, 0.3) is 0 Å². The molecule has 21 heavy (non-hydrogen) atoms. The molecular weight excluding hydrogens is 286 g/mol. The van der Waals surface area contributed by atoms with E-state index in [0.717, 1.165) is 38.2 Å². The van der Waals surface area contributed by atoms with Crippen LogP contribution in [0.1, 0.15) is 51.1 Å². The molecule has 0 saturated carbocycles. The van der Waals surface area contributed by atoms with Gasteiger partial charge in [0.05, 0.1) is 11.1 Å². The van der Waals surface area contributed by atoms with Crippen molar-refractivity contribution < 1.29 is 9.47 Å². The van der Waals surface area contributed by atoms with E-state index in [1.807, 2.05) is 12.1 Å². The van der Waals surface area contributed by atoms with Crippen molar-refractivity contribution in [3.63, 3.8) is 0 Å². The van der Waals surface area contributed by atoms with Crippen molar-refractivity contribution in [2.45, 2.75) is 51.7 Å². The summed E-state index contributed by atoms with van der Waals surface area (Å²) in [5.41, 5.74) is 1.19. The fraction of sp³-hybridized carbons (Fsp3) is 0.647. The molecule has 1 N–H and O–H groups in total. The Balaban J connectivity index is 1.89. The van der Waals surface area contributed by atoms with Gasteiger partial charge in [-0.1, -0.05) is 24.6 Å². The minimum atomic E-state index is 0.208. The van der Waals surface area contributed by atoms with Gasteiger partial charge < -0.3 is 14.8 Å². The molecule has 1 aliphatic heterocycles. The van der Waals surface area contributed by atoms with Gasteiger partial charge in [-0.25, -0.2) is 0 Å². The van der Waals surface area contributed by atoms with E-state index in [-0.39, 0.29) is 6.10 Å². The Morgan fingerprint density at radius 2 is 2.29 bits per heavy atom. The Kier molecular flexibility index (Phi) is 6.81. The minimum absolute atomic E-state index is 0.208. The number of nitrogens with one attached hydrogen (secondary N) is 1. The second-order valence-electron chi connectivity index (χ2n) is 5.67. The van der Waals surface area contributed by atoms with Crippen LogP contribution in [0.4, 0.5) is 0 Å². The van der Waals surface area contributed by atoms with E-state index >= 15 is 0 Å². The standard InChI is InChI=1S/C17H26ClNO2/c1-3-9-19-13(2)14-7-8-17(16(18)11-14)21-12-15-6-4-5-10-20-15/h7-8,11,13,15,19H,3-6,9-10,12H2,1-2H3. The fourth-order valence-electron chi connectivity index (χ4n) is 2.50. The average molecular weight is 312 g/mol. The van der Waals surface area contributed by atoms with E-state index < -0.39 is 0 Å². The van der Waals surface area contributed by atoms with Gasteiger partial charge in [-0.05, 0) is 56.8 Å². The largest absolute Gasteiger partial charge is 0.489 e. The zero-order valence-electron chi connectivity index (χ0n) is 13.0. The Bertz CT molecular complexity index is 433. The third kappa shape index (κ3) is 5.17. The van der Waals surface area contributed by atoms with Crippen LogP contribution in [-0.4, -0.2) is 25.9 Å². The van der Waals surface area contributed by atoms with Crippen LogP contribution in [-0.2, 0) is 4.74 Å². The maximum atomic E-state index is 6.33. The highest BCUT2D eigenvalue weighted by molar-refractivity contribution is 6.32. The highest BCUT2D eigenvalue weighted by Crippen LogP contribution is 2.28. The lowest BCUT2D eigenvalue weighted by Crippen LogP contribution is -2.25. The van der Waals surface area contributed by atoms with Crippen molar-refractivity contribution in [3.05, 3.63) is 28.8 Å². The summed E-state index contributed by atoms with van der Waals surface area (Å²) in [5.74, 6) is 0.747. The number of halogens is 1. The second kappa shape index (κ2) is 8.62. The Hall–Kier alpha value is -0.770. The SMILES string of the molecule is CCCNC(C)c1ccc(OCC2CCCCO2)c(Cl)c1. The molecule has 0 aromatic heterocycles. The lowest BCUT2D eigenvalue weighted by atomic mass is 10.1. The maximum absolute atomic E-state index is 6.33. The van der Waals surface area contributed by atoms with Crippen molar-refractivity contribution in [3.8, 4) is 5.75 Å². The lowest BCUT2D eigenvalue weighted by molar-refractivity contribution is -0.0110. The maximum Gasteiger partial charge on any atom is 0.138 e. The number of ether oxygens (including phenoxy) is 2. The van der Waals surface area contributed by atoms with Gasteiger partial charge in [0.15, 0.2) is 0 Å². The quantitative estimate of drug-likeness (QED) is 0.812. The van der Waals surface area contributed by atoms with Gasteiger partial charge in [-0.3, -0.25) is 0 Å². The molecule has 118 valence electrons. The van der Waals surface area contributed by atoms with Gasteiger partial charge in [0.2, 0.25) is 0 Å². The van der Waals surface area contributed by atoms with Crippen molar-refractivity contribution in [1.82, 2.24) is 5.32 Å². The molecule has 1 fully saturated rings. The zero-order valence-corrected chi connectivity index (χ0v) is 13.8. The number of benzene rings is 1. The molecule has 0 bridgehead atoms. The Morgan fingerprint density at radius 3 is 2.95 bits per heavy atom. The van der Waals surface area contributed by atoms with Crippen LogP contribution in [0.3, 0.4) is 0 Å². The van der Waals surface area contributed by atoms with E-state index in [2.05, 4.69) is 25.2 Å². The second-order valence-corrected chi connectivity index (χ2v) is 6.07. The number of rotatable bonds is 7. The van der Waals surface area contributed by atoms with Crippen LogP contribution in [0.15, 0.2) is 18.2 Å². The Labute approximate surface area is 133 Å². The van der Waals surface area contributed by atoms with Crippen molar-refractivity contribution >= 4 is 11.6 Å². The van der Waals surface area contributed by atoms with Crippen LogP contribution < -0.4 is 10.1 Å². The van der Waals surface area contributed by atoms with E-state index in [1.165, 1.54) is 12.0 Å². The first kappa shape index (κ1) is 16.6. The van der Waals surface area contributed by atoms with Crippen molar-refractivity contribution in [2.24, 2.45) is 0 Å². The van der Waals surface area contributed by atoms with Crippen LogP contribution in [0.5, 0.6) is 5.75 Å². The zero-order chi connectivity index (χ0) is 15.1. The van der Waals surface area contributed by atoms with E-state index in [9.17, 15) is 0 Å². The normalized spacial score (nSPS) is 20.2. The molecule has 0 amide bonds. The summed E-state index contributed by atoms with van der Waals surface area (Å²) >= 11 is 6.33. The molecule has 0 spiro atoms. The van der Waals surface area contributed by atoms with E-state index in [0.29, 0.717) is 17.7 Å². The molecule has 2 rings (SSSR count). The van der Waals surface area contributed by atoms with E-state index in [4.69, 9.17) is 21.1 Å². The summed E-state index contributed by atoms with van der Waals surface area (Å²) in [6.45, 7) is 6.76. The van der Waals surface area contributed by atoms with Gasteiger partial charge >= 0.3 is 0 Å². The lowest BCUT2D eigenvalue weighted by Gasteiger charge is -2.23. The topological polar surface area (TPSA) is 30.5 Å². The van der Waals surface area contributed by atoms with Gasteiger partial charge in [-0.2, -0.15) is 0 Å². The third-order valence-electron chi connectivity index (χ3n) is 3.86. The molecule has 0 aliphatic carbocycles. The predicted molar refractivity (Wildman–Crippen MR) is 87.2 cm³/mol. The predicted octanol–water partition coefficient (Wildman–Crippen LogP) is 4.35. The van der Waals surface area contributed by atoms with Crippen LogP contribution >= 0.6 is 11.6 Å². The number of hydrogen-bond donors (Lipinski definition) is 1. The first-order chi connectivity index (χ1) is 10.2. The highest BCUT2D eigenvalue weighted by atomic mass is 35.5. The average Bonchev–Trinajstić information content (AvgIpc) is 2.52. The molecule has 1 aliphatic rings. The molecule has 2 unspecified atom stereocenters. The molecule has 1 saturated heterocycles. The summed E-state index contributed by atoms with van der Waals surface area (Å²) < 4.78 is 11.5. The van der Waals surface area contributed by atoms with Crippen molar-refractivity contribution in [1.29, 1.82) is 0 Å². The highest BCUT2D eigenvalue weighted by Gasteiger charge is 2.15. The molecule has 0 radical (unpaired) electrons. The molecule has 3 nitrogen and oxygen atoms in total. The monoisotopic (exact) mass is 311 g/mol. The molecule has 1 heterocycles. The molecule has 4 heteroatoms. The molecule has 1 aromatic rings. The minimum Gasteiger partial charge on any atom is -0.489 e. The summed E-state index contributed by atoms with van der Waals surface area (Å²) in [5, 5.41) is 4.13. The van der Waals surface area contributed by atoms with Crippen molar-refractivity contribution in [2.75, 3.05) is 19.8 Å². The van der Waals surface area contributed by atoms with Crippen LogP contribution in [0, 0.1) is 0 Å². The van der Waals surface area contributed by atoms with Crippen LogP contribution in [0.2, 0.25) is 5.02 Å². The molecule has 1 aromatic carbocycles. The first-order valence-corrected chi connectivity index (χ1v) is 8.35. The summed E-state index contributed by atoms with van der Waals surface area (Å²) in [6, 6.07) is 6.34. The summed E-state index contributed by atoms with van der Waals surface area (Å²) in [6.07, 6.45) is 4.80. The molecular formula is C17H26ClNO2.